The summed E-state index contributed by atoms with van der Waals surface area (Å²) >= 11 is 0. The highest BCUT2D eigenvalue weighted by atomic mass is 16.2. The van der Waals surface area contributed by atoms with Crippen LogP contribution in [-0.2, 0) is 0 Å². The smallest absolute Gasteiger partial charge is 0.318 e. The lowest BCUT2D eigenvalue weighted by molar-refractivity contribution is 0.254. The Morgan fingerprint density at radius 3 is 2.64 bits per heavy atom. The molecule has 2 aliphatic rings. The number of fused-ring (bicyclic) bond motifs is 3. The van der Waals surface area contributed by atoms with E-state index in [2.05, 4.69) is 20.7 Å². The van der Waals surface area contributed by atoms with Gasteiger partial charge in [0.05, 0.1) is 11.3 Å². The lowest BCUT2D eigenvalue weighted by atomic mass is 10.1. The number of hydrogen-bond donors (Lipinski definition) is 3. The number of aromatic amines is 1. The van der Waals surface area contributed by atoms with Gasteiger partial charge in [0.2, 0.25) is 0 Å². The normalized spacial score (nSPS) is 10.9. The quantitative estimate of drug-likeness (QED) is 0.526. The SMILES string of the molecule is CNC(=O)Nc1ccc(-n2nc3c4ccccc4[nH]cc-3c2=O)cc1. The van der Waals surface area contributed by atoms with Crippen LogP contribution in [0.15, 0.2) is 59.5 Å². The van der Waals surface area contributed by atoms with Crippen LogP contribution in [0.3, 0.4) is 0 Å². The first kappa shape index (κ1) is 14.9. The van der Waals surface area contributed by atoms with E-state index in [4.69, 9.17) is 0 Å². The Labute approximate surface area is 142 Å². The van der Waals surface area contributed by atoms with Crippen molar-refractivity contribution in [2.45, 2.75) is 0 Å². The molecule has 2 aliphatic heterocycles. The molecule has 2 aromatic carbocycles. The van der Waals surface area contributed by atoms with Crippen LogP contribution in [-0.4, -0.2) is 27.8 Å². The number of amides is 2. The Morgan fingerprint density at radius 2 is 1.88 bits per heavy atom. The average molecular weight is 333 g/mol. The van der Waals surface area contributed by atoms with E-state index in [-0.39, 0.29) is 11.6 Å². The maximum absolute atomic E-state index is 12.7. The fourth-order valence-corrected chi connectivity index (χ4v) is 2.76. The summed E-state index contributed by atoms with van der Waals surface area (Å²) in [5.41, 5.74) is 3.19. The number of H-pyrrole nitrogens is 1. The number of benzene rings is 2. The Kier molecular flexibility index (Phi) is 3.46. The number of anilines is 1. The van der Waals surface area contributed by atoms with Gasteiger partial charge in [0.1, 0.15) is 5.69 Å². The van der Waals surface area contributed by atoms with E-state index in [1.165, 1.54) is 4.68 Å². The molecule has 4 rings (SSSR count). The number of pyridine rings is 1. The van der Waals surface area contributed by atoms with Crippen molar-refractivity contribution in [2.24, 2.45) is 0 Å². The van der Waals surface area contributed by atoms with Crippen molar-refractivity contribution < 1.29 is 4.79 Å². The number of carbonyl (C=O) groups is 1. The zero-order valence-corrected chi connectivity index (χ0v) is 13.4. The molecule has 2 amide bonds. The number of carbonyl (C=O) groups excluding carboxylic acids is 1. The summed E-state index contributed by atoms with van der Waals surface area (Å²) in [4.78, 5) is 27.2. The highest BCUT2D eigenvalue weighted by Gasteiger charge is 2.18. The molecule has 25 heavy (non-hydrogen) atoms. The summed E-state index contributed by atoms with van der Waals surface area (Å²) in [5, 5.41) is 10.6. The molecule has 2 aromatic rings. The van der Waals surface area contributed by atoms with E-state index in [0.717, 1.165) is 10.9 Å². The lowest BCUT2D eigenvalue weighted by Gasteiger charge is -2.05. The second kappa shape index (κ2) is 5.79. The average Bonchev–Trinajstić information content (AvgIpc) is 2.99. The first-order valence-corrected chi connectivity index (χ1v) is 7.76. The van der Waals surface area contributed by atoms with Crippen molar-refractivity contribution in [2.75, 3.05) is 12.4 Å². The molecule has 0 radical (unpaired) electrons. The summed E-state index contributed by atoms with van der Waals surface area (Å²) in [6.45, 7) is 0. The van der Waals surface area contributed by atoms with E-state index in [1.807, 2.05) is 24.3 Å². The predicted octanol–water partition coefficient (Wildman–Crippen LogP) is 2.57. The number of aromatic nitrogens is 3. The second-order valence-corrected chi connectivity index (χ2v) is 5.56. The van der Waals surface area contributed by atoms with Crippen LogP contribution in [0.5, 0.6) is 0 Å². The van der Waals surface area contributed by atoms with Crippen LogP contribution < -0.4 is 16.2 Å². The van der Waals surface area contributed by atoms with Crippen LogP contribution in [0.25, 0.3) is 27.8 Å². The zero-order chi connectivity index (χ0) is 17.4. The van der Waals surface area contributed by atoms with Gasteiger partial charge >= 0.3 is 6.03 Å². The van der Waals surface area contributed by atoms with Gasteiger partial charge in [-0.15, -0.1) is 0 Å². The minimum Gasteiger partial charge on any atom is -0.360 e. The Morgan fingerprint density at radius 1 is 1.12 bits per heavy atom. The third-order valence-electron chi connectivity index (χ3n) is 4.03. The van der Waals surface area contributed by atoms with Crippen LogP contribution in [0, 0.1) is 0 Å². The second-order valence-electron chi connectivity index (χ2n) is 5.56. The summed E-state index contributed by atoms with van der Waals surface area (Å²) in [5.74, 6) is 0. The molecule has 0 bridgehead atoms. The largest absolute Gasteiger partial charge is 0.360 e. The molecule has 0 aromatic heterocycles. The molecule has 3 N–H and O–H groups in total. The first-order chi connectivity index (χ1) is 12.2. The fraction of sp³-hybridized carbons (Fsp3) is 0.0556. The predicted molar refractivity (Wildman–Crippen MR) is 96.4 cm³/mol. The molecule has 124 valence electrons. The summed E-state index contributed by atoms with van der Waals surface area (Å²) in [6.07, 6.45) is 1.69. The molecule has 0 fully saturated rings. The standard InChI is InChI=1S/C18H15N5O2/c1-19-18(25)21-11-6-8-12(9-7-11)23-17(24)14-10-20-15-5-3-2-4-13(15)16(14)22-23/h2-10,20H,1H3,(H2,19,21,25). The van der Waals surface area contributed by atoms with Crippen molar-refractivity contribution in [3.05, 3.63) is 65.1 Å². The Hall–Kier alpha value is -3.61. The van der Waals surface area contributed by atoms with Gasteiger partial charge in [-0.05, 0) is 30.3 Å². The van der Waals surface area contributed by atoms with Gasteiger partial charge in [-0.3, -0.25) is 4.79 Å². The van der Waals surface area contributed by atoms with Crippen LogP contribution in [0.1, 0.15) is 0 Å². The van der Waals surface area contributed by atoms with Gasteiger partial charge in [0.15, 0.2) is 0 Å². The zero-order valence-electron chi connectivity index (χ0n) is 13.4. The van der Waals surface area contributed by atoms with Crippen LogP contribution >= 0.6 is 0 Å². The minimum absolute atomic E-state index is 0.191. The van der Waals surface area contributed by atoms with Crippen molar-refractivity contribution in [1.82, 2.24) is 20.1 Å². The van der Waals surface area contributed by atoms with Crippen molar-refractivity contribution in [3.8, 4) is 16.9 Å². The van der Waals surface area contributed by atoms with E-state index in [1.54, 1.807) is 37.5 Å². The van der Waals surface area contributed by atoms with Crippen molar-refractivity contribution >= 4 is 22.6 Å². The molecule has 7 nitrogen and oxygen atoms in total. The van der Waals surface area contributed by atoms with Gasteiger partial charge in [0.25, 0.3) is 5.56 Å². The molecule has 0 unspecified atom stereocenters. The molecule has 0 aliphatic carbocycles. The van der Waals surface area contributed by atoms with Gasteiger partial charge in [-0.2, -0.15) is 9.78 Å². The van der Waals surface area contributed by atoms with Gasteiger partial charge < -0.3 is 15.6 Å². The molecule has 2 heterocycles. The van der Waals surface area contributed by atoms with Gasteiger partial charge in [0, 0.05) is 29.8 Å². The number of nitrogens with zero attached hydrogens (tertiary/aromatic N) is 2. The first-order valence-electron chi connectivity index (χ1n) is 7.76. The number of hydrogen-bond acceptors (Lipinski definition) is 3. The summed E-state index contributed by atoms with van der Waals surface area (Å²) < 4.78 is 1.37. The monoisotopic (exact) mass is 333 g/mol. The van der Waals surface area contributed by atoms with Crippen LogP contribution in [0.2, 0.25) is 0 Å². The third kappa shape index (κ3) is 2.51. The highest BCUT2D eigenvalue weighted by molar-refractivity contribution is 5.93. The van der Waals surface area contributed by atoms with E-state index in [0.29, 0.717) is 22.6 Å². The van der Waals surface area contributed by atoms with Gasteiger partial charge in [-0.1, -0.05) is 18.2 Å². The molecule has 0 saturated carbocycles. The molecule has 0 spiro atoms. The maximum atomic E-state index is 12.7. The van der Waals surface area contributed by atoms with E-state index < -0.39 is 0 Å². The lowest BCUT2D eigenvalue weighted by Crippen LogP contribution is -2.24. The van der Waals surface area contributed by atoms with E-state index >= 15 is 0 Å². The molecular formula is C18H15N5O2. The maximum Gasteiger partial charge on any atom is 0.318 e. The third-order valence-corrected chi connectivity index (χ3v) is 4.03. The Bertz CT molecular complexity index is 1090. The van der Waals surface area contributed by atoms with Crippen LogP contribution in [0.4, 0.5) is 10.5 Å². The van der Waals surface area contributed by atoms with Gasteiger partial charge in [-0.25, -0.2) is 4.79 Å². The topological polar surface area (TPSA) is 91.8 Å². The van der Waals surface area contributed by atoms with E-state index in [9.17, 15) is 9.59 Å². The molecular weight excluding hydrogens is 318 g/mol. The molecule has 0 saturated heterocycles. The number of para-hydroxylation sites is 1. The number of nitrogens with one attached hydrogen (secondary N) is 3. The molecule has 7 heteroatoms. The summed E-state index contributed by atoms with van der Waals surface area (Å²) in [7, 11) is 1.55. The fourth-order valence-electron chi connectivity index (χ4n) is 2.76. The highest BCUT2D eigenvalue weighted by Crippen LogP contribution is 2.25. The molecule has 0 atom stereocenters. The minimum atomic E-state index is -0.302. The number of rotatable bonds is 2. The van der Waals surface area contributed by atoms with Crippen molar-refractivity contribution in [3.63, 3.8) is 0 Å². The number of urea groups is 1. The van der Waals surface area contributed by atoms with Crippen molar-refractivity contribution in [1.29, 1.82) is 0 Å². The summed E-state index contributed by atoms with van der Waals surface area (Å²) in [6, 6.07) is 14.3. The Balaban J connectivity index is 1.80.